The van der Waals surface area contributed by atoms with Crippen molar-refractivity contribution in [3.8, 4) is 0 Å². The minimum Gasteiger partial charge on any atom is -0.311 e. The third-order valence-corrected chi connectivity index (χ3v) is 5.37. The molecule has 3 nitrogen and oxygen atoms in total. The summed E-state index contributed by atoms with van der Waals surface area (Å²) in [7, 11) is 0. The van der Waals surface area contributed by atoms with Crippen molar-refractivity contribution in [2.24, 2.45) is 0 Å². The number of thiazole rings is 1. The molecule has 0 radical (unpaired) electrons. The topological polar surface area (TPSA) is 29.3 Å². The summed E-state index contributed by atoms with van der Waals surface area (Å²) in [6.45, 7) is 3.90. The number of nitrogens with one attached hydrogen (secondary N) is 1. The monoisotopic (exact) mass is 337 g/mol. The van der Waals surface area contributed by atoms with Gasteiger partial charge in [-0.3, -0.25) is 4.40 Å². The lowest BCUT2D eigenvalue weighted by atomic mass is 10.2. The highest BCUT2D eigenvalue weighted by Gasteiger charge is 2.13. The maximum atomic E-state index is 6.22. The van der Waals surface area contributed by atoms with E-state index < -0.39 is 0 Å². The molecular weight excluding hydrogens is 322 g/mol. The summed E-state index contributed by atoms with van der Waals surface area (Å²) in [5, 5.41) is 7.36. The molecule has 0 amide bonds. The van der Waals surface area contributed by atoms with Gasteiger partial charge in [-0.05, 0) is 18.2 Å². The lowest BCUT2D eigenvalue weighted by Crippen LogP contribution is -2.13. The number of benzene rings is 1. The van der Waals surface area contributed by atoms with Crippen molar-refractivity contribution in [2.45, 2.75) is 24.2 Å². The quantitative estimate of drug-likeness (QED) is 0.674. The number of imidazole rings is 1. The van der Waals surface area contributed by atoms with Gasteiger partial charge in [0.15, 0.2) is 4.96 Å². The van der Waals surface area contributed by atoms with Crippen LogP contribution in [-0.2, 0) is 12.3 Å². The van der Waals surface area contributed by atoms with Gasteiger partial charge < -0.3 is 5.32 Å². The second-order valence-electron chi connectivity index (χ2n) is 4.58. The maximum Gasteiger partial charge on any atom is 0.194 e. The van der Waals surface area contributed by atoms with Gasteiger partial charge in [0.05, 0.1) is 5.69 Å². The van der Waals surface area contributed by atoms with Crippen LogP contribution in [0.3, 0.4) is 0 Å². The number of nitrogens with zero attached hydrogens (tertiary/aromatic N) is 2. The minimum absolute atomic E-state index is 0.819. The van der Waals surface area contributed by atoms with E-state index in [1.807, 2.05) is 18.2 Å². The molecule has 0 unspecified atom stereocenters. The van der Waals surface area contributed by atoms with Gasteiger partial charge in [0, 0.05) is 28.9 Å². The van der Waals surface area contributed by atoms with Crippen molar-refractivity contribution in [1.29, 1.82) is 0 Å². The van der Waals surface area contributed by atoms with Crippen molar-refractivity contribution >= 4 is 39.7 Å². The standard InChI is InChI=1S/C15H16ClN3S2/c1-2-17-9-13-14(18-15-19(13)7-8-20-15)21-10-11-5-3-4-6-12(11)16/h3-8,17H,2,9-10H2,1H3. The third-order valence-electron chi connectivity index (χ3n) is 3.19. The lowest BCUT2D eigenvalue weighted by molar-refractivity contribution is 0.694. The first kappa shape index (κ1) is 14.9. The molecule has 2 aromatic heterocycles. The fourth-order valence-corrected chi connectivity index (χ4v) is 4.20. The van der Waals surface area contributed by atoms with E-state index in [0.717, 1.165) is 39.4 Å². The summed E-state index contributed by atoms with van der Waals surface area (Å²) in [5.41, 5.74) is 2.38. The minimum atomic E-state index is 0.819. The first-order valence-electron chi connectivity index (χ1n) is 6.81. The van der Waals surface area contributed by atoms with E-state index in [4.69, 9.17) is 16.6 Å². The van der Waals surface area contributed by atoms with Crippen LogP contribution in [0.15, 0.2) is 40.9 Å². The molecule has 2 heterocycles. The molecule has 1 aromatic carbocycles. The summed E-state index contributed by atoms with van der Waals surface area (Å²) >= 11 is 9.63. The van der Waals surface area contributed by atoms with E-state index in [2.05, 4.69) is 34.3 Å². The maximum absolute atomic E-state index is 6.22. The Morgan fingerprint density at radius 3 is 3.05 bits per heavy atom. The predicted octanol–water partition coefficient (Wildman–Crippen LogP) is 4.45. The molecule has 3 rings (SSSR count). The fraction of sp³-hybridized carbons (Fsp3) is 0.267. The van der Waals surface area contributed by atoms with E-state index >= 15 is 0 Å². The second kappa shape index (κ2) is 6.83. The largest absolute Gasteiger partial charge is 0.311 e. The number of thioether (sulfide) groups is 1. The molecule has 0 saturated carbocycles. The summed E-state index contributed by atoms with van der Waals surface area (Å²) < 4.78 is 2.17. The van der Waals surface area contributed by atoms with Crippen LogP contribution < -0.4 is 5.32 Å². The Balaban J connectivity index is 1.82. The summed E-state index contributed by atoms with van der Waals surface area (Å²) in [5.74, 6) is 0.837. The van der Waals surface area contributed by atoms with Crippen LogP contribution in [0.1, 0.15) is 18.2 Å². The zero-order valence-electron chi connectivity index (χ0n) is 11.7. The van der Waals surface area contributed by atoms with Crippen molar-refractivity contribution in [2.75, 3.05) is 6.54 Å². The Morgan fingerprint density at radius 2 is 2.24 bits per heavy atom. The van der Waals surface area contributed by atoms with Crippen LogP contribution >= 0.6 is 34.7 Å². The first-order valence-corrected chi connectivity index (χ1v) is 9.05. The van der Waals surface area contributed by atoms with Gasteiger partial charge in [0.2, 0.25) is 0 Å². The van der Waals surface area contributed by atoms with Gasteiger partial charge in [0.25, 0.3) is 0 Å². The molecule has 0 saturated heterocycles. The van der Waals surface area contributed by atoms with Gasteiger partial charge in [-0.2, -0.15) is 0 Å². The number of rotatable bonds is 6. The van der Waals surface area contributed by atoms with Gasteiger partial charge in [-0.15, -0.1) is 11.3 Å². The molecule has 0 atom stereocenters. The molecule has 0 aliphatic carbocycles. The summed E-state index contributed by atoms with van der Waals surface area (Å²) in [4.78, 5) is 5.78. The zero-order chi connectivity index (χ0) is 14.7. The summed E-state index contributed by atoms with van der Waals surface area (Å²) in [6.07, 6.45) is 2.08. The Morgan fingerprint density at radius 1 is 1.38 bits per heavy atom. The highest BCUT2D eigenvalue weighted by molar-refractivity contribution is 7.98. The molecule has 6 heteroatoms. The molecule has 0 bridgehead atoms. The highest BCUT2D eigenvalue weighted by Crippen LogP contribution is 2.30. The Bertz CT molecular complexity index is 735. The van der Waals surface area contributed by atoms with Crippen molar-refractivity contribution in [3.63, 3.8) is 0 Å². The zero-order valence-corrected chi connectivity index (χ0v) is 14.1. The van der Waals surface area contributed by atoms with E-state index in [0.29, 0.717) is 0 Å². The van der Waals surface area contributed by atoms with E-state index in [1.165, 1.54) is 5.69 Å². The number of halogens is 1. The molecule has 0 spiro atoms. The van der Waals surface area contributed by atoms with Gasteiger partial charge in [-0.1, -0.05) is 48.5 Å². The Hall–Kier alpha value is -1.01. The van der Waals surface area contributed by atoms with Crippen molar-refractivity contribution in [3.05, 3.63) is 52.1 Å². The Kier molecular flexibility index (Phi) is 4.85. The van der Waals surface area contributed by atoms with Gasteiger partial charge in [-0.25, -0.2) is 4.98 Å². The molecular formula is C15H16ClN3S2. The second-order valence-corrected chi connectivity index (χ2v) is 6.82. The van der Waals surface area contributed by atoms with Crippen LogP contribution in [0.25, 0.3) is 4.96 Å². The third kappa shape index (κ3) is 3.26. The van der Waals surface area contributed by atoms with Gasteiger partial charge >= 0.3 is 0 Å². The van der Waals surface area contributed by atoms with Crippen LogP contribution in [0.4, 0.5) is 0 Å². The molecule has 3 aromatic rings. The SMILES string of the molecule is CCNCc1c(SCc2ccccc2Cl)nc2sccn12. The molecule has 0 aliphatic rings. The average Bonchev–Trinajstić information content (AvgIpc) is 3.05. The van der Waals surface area contributed by atoms with Gasteiger partial charge in [0.1, 0.15) is 5.03 Å². The number of hydrogen-bond donors (Lipinski definition) is 1. The number of fused-ring (bicyclic) bond motifs is 1. The molecule has 110 valence electrons. The fourth-order valence-electron chi connectivity index (χ4n) is 2.09. The smallest absolute Gasteiger partial charge is 0.194 e. The van der Waals surface area contributed by atoms with Crippen molar-refractivity contribution in [1.82, 2.24) is 14.7 Å². The van der Waals surface area contributed by atoms with E-state index in [1.54, 1.807) is 23.1 Å². The number of aromatic nitrogens is 2. The Labute approximate surface area is 137 Å². The molecule has 0 fully saturated rings. The van der Waals surface area contributed by atoms with Crippen LogP contribution in [0.2, 0.25) is 5.02 Å². The van der Waals surface area contributed by atoms with Crippen LogP contribution in [0.5, 0.6) is 0 Å². The summed E-state index contributed by atoms with van der Waals surface area (Å²) in [6, 6.07) is 7.98. The first-order chi connectivity index (χ1) is 10.3. The highest BCUT2D eigenvalue weighted by atomic mass is 35.5. The van der Waals surface area contributed by atoms with Crippen LogP contribution in [0, 0.1) is 0 Å². The molecule has 21 heavy (non-hydrogen) atoms. The lowest BCUT2D eigenvalue weighted by Gasteiger charge is -2.06. The van der Waals surface area contributed by atoms with E-state index in [9.17, 15) is 0 Å². The molecule has 1 N–H and O–H groups in total. The van der Waals surface area contributed by atoms with Crippen LogP contribution in [-0.4, -0.2) is 15.9 Å². The molecule has 0 aliphatic heterocycles. The number of hydrogen-bond acceptors (Lipinski definition) is 4. The predicted molar refractivity (Wildman–Crippen MR) is 91.5 cm³/mol. The van der Waals surface area contributed by atoms with Crippen molar-refractivity contribution < 1.29 is 0 Å². The average molecular weight is 338 g/mol. The van der Waals surface area contributed by atoms with E-state index in [-0.39, 0.29) is 0 Å². The normalized spacial score (nSPS) is 11.3.